The van der Waals surface area contributed by atoms with Crippen molar-refractivity contribution in [2.45, 2.75) is 44.7 Å². The average molecular weight is 610 g/mol. The van der Waals surface area contributed by atoms with Gasteiger partial charge in [-0.2, -0.15) is 0 Å². The first-order chi connectivity index (χ1) is 21.2. The summed E-state index contributed by atoms with van der Waals surface area (Å²) in [6.07, 6.45) is 2.16. The van der Waals surface area contributed by atoms with Crippen LogP contribution in [-0.4, -0.2) is 104 Å². The van der Waals surface area contributed by atoms with Gasteiger partial charge in [0.05, 0.1) is 19.6 Å². The monoisotopic (exact) mass is 609 g/mol. The molecule has 0 bridgehead atoms. The van der Waals surface area contributed by atoms with Gasteiger partial charge in [-0.1, -0.05) is 25.5 Å². The number of carboxylic acid groups (broad SMARTS) is 1. The summed E-state index contributed by atoms with van der Waals surface area (Å²) < 4.78 is 16.8. The molecule has 12 nitrogen and oxygen atoms in total. The number of carbonyl (C=O) groups excluding carboxylic acids is 2. The van der Waals surface area contributed by atoms with Crippen molar-refractivity contribution >= 4 is 23.6 Å². The predicted molar refractivity (Wildman–Crippen MR) is 164 cm³/mol. The van der Waals surface area contributed by atoms with Gasteiger partial charge in [0, 0.05) is 64.0 Å². The van der Waals surface area contributed by atoms with Crippen molar-refractivity contribution in [2.24, 2.45) is 11.7 Å². The number of hydrogen-bond donors (Lipinski definition) is 2. The number of nitrogens with two attached hydrogens (primary N) is 1. The maximum atomic E-state index is 14.1. The maximum absolute atomic E-state index is 14.1. The number of fused-ring (bicyclic) bond motifs is 1. The van der Waals surface area contributed by atoms with Crippen molar-refractivity contribution in [3.05, 3.63) is 47.5 Å². The predicted octanol–water partition coefficient (Wildman–Crippen LogP) is 2.94. The van der Waals surface area contributed by atoms with Crippen LogP contribution in [0.4, 0.5) is 10.5 Å². The SMILES string of the molecule is CCCCN(C(=O)CN1CC(c2cc(OC)c3c(c2)OCO3)C(C(=O)O)C1CCN1CCN(C)C1=O)c1cccc(CN)c1. The van der Waals surface area contributed by atoms with Gasteiger partial charge in [-0.25, -0.2) is 4.79 Å². The quantitative estimate of drug-likeness (QED) is 0.351. The second-order valence-electron chi connectivity index (χ2n) is 11.7. The van der Waals surface area contributed by atoms with E-state index in [1.54, 1.807) is 27.8 Å². The number of nitrogens with zero attached hydrogens (tertiary/aromatic N) is 4. The summed E-state index contributed by atoms with van der Waals surface area (Å²) in [5.74, 6) is -0.860. The molecule has 3 N–H and O–H groups in total. The molecule has 3 amide bonds. The van der Waals surface area contributed by atoms with Crippen LogP contribution in [0.5, 0.6) is 17.2 Å². The minimum atomic E-state index is -0.949. The Hall–Kier alpha value is -4.03. The zero-order chi connectivity index (χ0) is 31.4. The van der Waals surface area contributed by atoms with Crippen LogP contribution in [0.1, 0.15) is 43.2 Å². The molecule has 12 heteroatoms. The molecule has 0 spiro atoms. The third-order valence-electron chi connectivity index (χ3n) is 8.97. The summed E-state index contributed by atoms with van der Waals surface area (Å²) in [5, 5.41) is 10.6. The summed E-state index contributed by atoms with van der Waals surface area (Å²) in [5.41, 5.74) is 8.34. The molecule has 2 aromatic carbocycles. The largest absolute Gasteiger partial charge is 0.493 e. The number of anilines is 1. The van der Waals surface area contributed by atoms with Crippen LogP contribution in [0.25, 0.3) is 0 Å². The third-order valence-corrected chi connectivity index (χ3v) is 8.97. The molecule has 2 saturated heterocycles. The fourth-order valence-corrected chi connectivity index (χ4v) is 6.58. The first kappa shape index (κ1) is 31.4. The molecule has 3 heterocycles. The lowest BCUT2D eigenvalue weighted by Gasteiger charge is -2.31. The van der Waals surface area contributed by atoms with E-state index in [1.165, 1.54) is 7.11 Å². The summed E-state index contributed by atoms with van der Waals surface area (Å²) in [6, 6.07) is 10.7. The van der Waals surface area contributed by atoms with E-state index in [-0.39, 0.29) is 25.3 Å². The first-order valence-corrected chi connectivity index (χ1v) is 15.3. The van der Waals surface area contributed by atoms with Crippen LogP contribution >= 0.6 is 0 Å². The molecule has 0 aliphatic carbocycles. The van der Waals surface area contributed by atoms with Gasteiger partial charge in [0.2, 0.25) is 18.4 Å². The van der Waals surface area contributed by atoms with Crippen LogP contribution in [-0.2, 0) is 16.1 Å². The van der Waals surface area contributed by atoms with Crippen molar-refractivity contribution < 1.29 is 33.7 Å². The van der Waals surface area contributed by atoms with Gasteiger partial charge < -0.3 is 39.8 Å². The molecule has 5 rings (SSSR count). The minimum Gasteiger partial charge on any atom is -0.493 e. The smallest absolute Gasteiger partial charge is 0.319 e. The van der Waals surface area contributed by atoms with Gasteiger partial charge in [0.25, 0.3) is 0 Å². The second-order valence-corrected chi connectivity index (χ2v) is 11.7. The van der Waals surface area contributed by atoms with Gasteiger partial charge in [0.15, 0.2) is 11.5 Å². The van der Waals surface area contributed by atoms with Crippen molar-refractivity contribution in [2.75, 3.05) is 65.1 Å². The Morgan fingerprint density at radius 2 is 2.00 bits per heavy atom. The fourth-order valence-electron chi connectivity index (χ4n) is 6.58. The highest BCUT2D eigenvalue weighted by molar-refractivity contribution is 5.95. The molecule has 3 unspecified atom stereocenters. The Balaban J connectivity index is 1.46. The number of unbranched alkanes of at least 4 members (excludes halogenated alkanes) is 1. The molecule has 2 fully saturated rings. The third kappa shape index (κ3) is 6.41. The van der Waals surface area contributed by atoms with E-state index < -0.39 is 23.8 Å². The molecule has 238 valence electrons. The summed E-state index contributed by atoms with van der Waals surface area (Å²) >= 11 is 0. The van der Waals surface area contributed by atoms with Crippen molar-refractivity contribution in [1.29, 1.82) is 0 Å². The van der Waals surface area contributed by atoms with Crippen LogP contribution in [0.3, 0.4) is 0 Å². The lowest BCUT2D eigenvalue weighted by Crippen LogP contribution is -2.46. The number of rotatable bonds is 13. The normalized spacial score (nSPS) is 21.3. The average Bonchev–Trinajstić information content (AvgIpc) is 3.73. The van der Waals surface area contributed by atoms with Crippen LogP contribution in [0.2, 0.25) is 0 Å². The molecule has 0 radical (unpaired) electrons. The highest BCUT2D eigenvalue weighted by Crippen LogP contribution is 2.47. The number of likely N-dealkylation sites (N-methyl/N-ethyl adjacent to an activating group) is 1. The Kier molecular flexibility index (Phi) is 9.80. The number of benzene rings is 2. The molecule has 3 atom stereocenters. The first-order valence-electron chi connectivity index (χ1n) is 15.3. The number of urea groups is 1. The van der Waals surface area contributed by atoms with E-state index in [0.29, 0.717) is 62.9 Å². The maximum Gasteiger partial charge on any atom is 0.319 e. The van der Waals surface area contributed by atoms with Gasteiger partial charge in [-0.15, -0.1) is 0 Å². The molecule has 0 saturated carbocycles. The molecule has 2 aromatic rings. The van der Waals surface area contributed by atoms with E-state index in [9.17, 15) is 19.5 Å². The standard InChI is InChI=1S/C32H43N5O7/c1-4-5-10-37(23-8-6-7-21(14-23)17-33)28(38)19-36-18-24(22-15-26(42-3)30-27(16-22)43-20-44-30)29(31(39)40)25(36)9-11-35-13-12-34(2)32(35)41/h6-8,14-16,24-25,29H,4-5,9-13,17-20,33H2,1-3H3,(H,39,40). The lowest BCUT2D eigenvalue weighted by atomic mass is 9.84. The molecule has 3 aliphatic heterocycles. The van der Waals surface area contributed by atoms with E-state index >= 15 is 0 Å². The zero-order valence-corrected chi connectivity index (χ0v) is 25.7. The highest BCUT2D eigenvalue weighted by Gasteiger charge is 2.48. The summed E-state index contributed by atoms with van der Waals surface area (Å²) in [6.45, 7) is 5.04. The second kappa shape index (κ2) is 13.7. The van der Waals surface area contributed by atoms with Crippen molar-refractivity contribution in [3.8, 4) is 17.2 Å². The van der Waals surface area contributed by atoms with Crippen LogP contribution in [0.15, 0.2) is 36.4 Å². The molecule has 44 heavy (non-hydrogen) atoms. The Morgan fingerprint density at radius 3 is 2.68 bits per heavy atom. The summed E-state index contributed by atoms with van der Waals surface area (Å²) in [4.78, 5) is 46.9. The number of carboxylic acids is 1. The number of likely N-dealkylation sites (tertiary alicyclic amines) is 1. The number of ether oxygens (including phenoxy) is 3. The van der Waals surface area contributed by atoms with Gasteiger partial charge in [-0.05, 0) is 48.2 Å². The Morgan fingerprint density at radius 1 is 1.18 bits per heavy atom. The number of aliphatic carboxylic acids is 1. The van der Waals surface area contributed by atoms with Crippen molar-refractivity contribution in [3.63, 3.8) is 0 Å². The minimum absolute atomic E-state index is 0.0387. The summed E-state index contributed by atoms with van der Waals surface area (Å²) in [7, 11) is 3.29. The van der Waals surface area contributed by atoms with E-state index in [0.717, 1.165) is 29.7 Å². The lowest BCUT2D eigenvalue weighted by molar-refractivity contribution is -0.143. The zero-order valence-electron chi connectivity index (χ0n) is 25.7. The molecule has 0 aromatic heterocycles. The van der Waals surface area contributed by atoms with Gasteiger partial charge >= 0.3 is 12.0 Å². The van der Waals surface area contributed by atoms with E-state index in [4.69, 9.17) is 19.9 Å². The van der Waals surface area contributed by atoms with Crippen LogP contribution < -0.4 is 24.8 Å². The van der Waals surface area contributed by atoms with Crippen LogP contribution in [0, 0.1) is 5.92 Å². The fraction of sp³-hybridized carbons (Fsp3) is 0.531. The number of methoxy groups -OCH3 is 1. The number of amides is 3. The highest BCUT2D eigenvalue weighted by atomic mass is 16.7. The van der Waals surface area contributed by atoms with Gasteiger partial charge in [0.1, 0.15) is 0 Å². The van der Waals surface area contributed by atoms with E-state index in [2.05, 4.69) is 6.92 Å². The number of hydrogen-bond acceptors (Lipinski definition) is 8. The Labute approximate surface area is 258 Å². The Bertz CT molecular complexity index is 1370. The van der Waals surface area contributed by atoms with E-state index in [1.807, 2.05) is 35.2 Å². The topological polar surface area (TPSA) is 138 Å². The van der Waals surface area contributed by atoms with Gasteiger partial charge in [-0.3, -0.25) is 14.5 Å². The number of carbonyl (C=O) groups is 3. The molecular formula is C32H43N5O7. The van der Waals surface area contributed by atoms with Crippen molar-refractivity contribution in [1.82, 2.24) is 14.7 Å². The molecule has 3 aliphatic rings. The molecular weight excluding hydrogens is 566 g/mol.